The molecule has 1 aliphatic carbocycles. The number of morpholine rings is 1. The summed E-state index contributed by atoms with van der Waals surface area (Å²) in [5.74, 6) is 7.16. The van der Waals surface area contributed by atoms with Crippen molar-refractivity contribution in [1.82, 2.24) is 24.9 Å². The fraction of sp³-hybridized carbons (Fsp3) is 0.520. The molecular formula is C25H33N7O2. The lowest BCUT2D eigenvalue weighted by Gasteiger charge is -2.31. The third-order valence-corrected chi connectivity index (χ3v) is 7.08. The second-order valence-corrected chi connectivity index (χ2v) is 9.66. The number of anilines is 1. The van der Waals surface area contributed by atoms with Crippen LogP contribution in [0.5, 0.6) is 0 Å². The first kappa shape index (κ1) is 22.7. The van der Waals surface area contributed by atoms with Crippen LogP contribution in [-0.2, 0) is 11.3 Å². The van der Waals surface area contributed by atoms with E-state index < -0.39 is 5.91 Å². The molecule has 0 radical (unpaired) electrons. The van der Waals surface area contributed by atoms with Gasteiger partial charge >= 0.3 is 5.91 Å². The van der Waals surface area contributed by atoms with Crippen molar-refractivity contribution < 1.29 is 9.53 Å². The van der Waals surface area contributed by atoms with E-state index >= 15 is 0 Å². The van der Waals surface area contributed by atoms with Crippen LogP contribution in [0.3, 0.4) is 0 Å². The summed E-state index contributed by atoms with van der Waals surface area (Å²) in [6, 6.07) is 8.16. The number of nitrogen functional groups attached to an aromatic ring is 1. The van der Waals surface area contributed by atoms with Crippen LogP contribution in [0.4, 0.5) is 5.95 Å². The van der Waals surface area contributed by atoms with Crippen LogP contribution in [0.15, 0.2) is 24.3 Å². The number of hydrogen-bond acceptors (Lipinski definition) is 7. The maximum absolute atomic E-state index is 12.4. The second-order valence-electron chi connectivity index (χ2n) is 9.66. The van der Waals surface area contributed by atoms with Crippen molar-refractivity contribution in [2.45, 2.75) is 46.1 Å². The summed E-state index contributed by atoms with van der Waals surface area (Å²) in [5, 5.41) is 0. The quantitative estimate of drug-likeness (QED) is 0.340. The first-order valence-electron chi connectivity index (χ1n) is 12.2. The molecule has 0 atom stereocenters. The highest BCUT2D eigenvalue weighted by atomic mass is 16.5. The van der Waals surface area contributed by atoms with Crippen LogP contribution in [0, 0.1) is 18.8 Å². The zero-order valence-corrected chi connectivity index (χ0v) is 20.0. The van der Waals surface area contributed by atoms with Crippen LogP contribution in [-0.4, -0.2) is 51.7 Å². The van der Waals surface area contributed by atoms with Crippen LogP contribution in [0.1, 0.15) is 48.8 Å². The summed E-state index contributed by atoms with van der Waals surface area (Å²) in [6.45, 7) is 8.14. The Balaban J connectivity index is 1.70. The number of benzene rings is 1. The Labute approximate surface area is 199 Å². The van der Waals surface area contributed by atoms with Crippen LogP contribution in [0.25, 0.3) is 22.4 Å². The molecule has 1 aromatic carbocycles. The normalized spacial score (nSPS) is 21.1. The van der Waals surface area contributed by atoms with Gasteiger partial charge < -0.3 is 14.2 Å². The van der Waals surface area contributed by atoms with Crippen LogP contribution in [0.2, 0.25) is 0 Å². The fourth-order valence-corrected chi connectivity index (χ4v) is 5.13. The number of ether oxygens (including phenoxy) is 1. The van der Waals surface area contributed by atoms with Gasteiger partial charge in [0.15, 0.2) is 5.65 Å². The summed E-state index contributed by atoms with van der Waals surface area (Å²) in [4.78, 5) is 28.9. The third kappa shape index (κ3) is 4.50. The Morgan fingerprint density at radius 3 is 2.62 bits per heavy atom. The number of aromatic nitrogens is 4. The van der Waals surface area contributed by atoms with E-state index in [1.807, 2.05) is 12.1 Å². The molecule has 2 aliphatic rings. The van der Waals surface area contributed by atoms with Crippen molar-refractivity contribution in [3.05, 3.63) is 35.7 Å². The number of carbonyl (C=O) groups excluding carboxylic acids is 1. The highest BCUT2D eigenvalue weighted by molar-refractivity contribution is 5.96. The zero-order chi connectivity index (χ0) is 23.7. The van der Waals surface area contributed by atoms with E-state index in [-0.39, 0.29) is 5.82 Å². The molecule has 2 aromatic heterocycles. The van der Waals surface area contributed by atoms with Gasteiger partial charge in [0, 0.05) is 25.2 Å². The summed E-state index contributed by atoms with van der Waals surface area (Å²) in [5.41, 5.74) is 6.33. The first-order chi connectivity index (χ1) is 16.5. The number of aryl methyl sites for hydroxylation is 1. The van der Waals surface area contributed by atoms with Gasteiger partial charge in [-0.1, -0.05) is 43.5 Å². The molecule has 2 fully saturated rings. The minimum atomic E-state index is -0.528. The number of imidazole rings is 1. The van der Waals surface area contributed by atoms with Gasteiger partial charge in [-0.05, 0) is 37.7 Å². The van der Waals surface area contributed by atoms with Gasteiger partial charge in [-0.3, -0.25) is 10.2 Å². The average molecular weight is 464 g/mol. The van der Waals surface area contributed by atoms with E-state index in [9.17, 15) is 4.79 Å². The van der Waals surface area contributed by atoms with E-state index in [4.69, 9.17) is 20.5 Å². The number of hydrogen-bond donors (Lipinski definition) is 2. The molecule has 3 N–H and O–H groups in total. The molecule has 1 saturated heterocycles. The van der Waals surface area contributed by atoms with Crippen molar-refractivity contribution in [2.75, 3.05) is 31.2 Å². The average Bonchev–Trinajstić information content (AvgIpc) is 3.23. The van der Waals surface area contributed by atoms with E-state index in [1.165, 1.54) is 25.7 Å². The molecule has 0 spiro atoms. The number of nitrogens with one attached hydrogen (secondary N) is 1. The zero-order valence-electron chi connectivity index (χ0n) is 20.0. The predicted molar refractivity (Wildman–Crippen MR) is 131 cm³/mol. The highest BCUT2D eigenvalue weighted by Crippen LogP contribution is 2.35. The number of fused-ring (bicyclic) bond motifs is 1. The summed E-state index contributed by atoms with van der Waals surface area (Å²) in [6.07, 6.45) is 4.92. The Morgan fingerprint density at radius 2 is 1.91 bits per heavy atom. The monoisotopic (exact) mass is 463 g/mol. The molecule has 5 rings (SSSR count). The minimum Gasteiger partial charge on any atom is -0.378 e. The maximum Gasteiger partial charge on any atom is 0.303 e. The molecule has 0 bridgehead atoms. The van der Waals surface area contributed by atoms with Crippen LogP contribution >= 0.6 is 0 Å². The lowest BCUT2D eigenvalue weighted by atomic mass is 9.83. The molecule has 9 nitrogen and oxygen atoms in total. The molecule has 9 heteroatoms. The molecule has 180 valence electrons. The van der Waals surface area contributed by atoms with E-state index in [0.29, 0.717) is 30.5 Å². The number of carbonyl (C=O) groups is 1. The number of nitrogens with zero attached hydrogens (tertiary/aromatic N) is 5. The van der Waals surface area contributed by atoms with Crippen molar-refractivity contribution in [3.63, 3.8) is 0 Å². The van der Waals surface area contributed by atoms with Gasteiger partial charge in [0.1, 0.15) is 11.2 Å². The molecule has 3 aromatic rings. The highest BCUT2D eigenvalue weighted by Gasteiger charge is 2.28. The van der Waals surface area contributed by atoms with Crippen molar-refractivity contribution in [3.8, 4) is 11.3 Å². The Kier molecular flexibility index (Phi) is 6.47. The topological polar surface area (TPSA) is 111 Å². The van der Waals surface area contributed by atoms with E-state index in [2.05, 4.69) is 45.9 Å². The van der Waals surface area contributed by atoms with Gasteiger partial charge in [-0.2, -0.15) is 4.98 Å². The molecule has 1 aliphatic heterocycles. The Morgan fingerprint density at radius 1 is 1.15 bits per heavy atom. The van der Waals surface area contributed by atoms with Gasteiger partial charge in [-0.15, -0.1) is 0 Å². The second kappa shape index (κ2) is 9.68. The molecular weight excluding hydrogens is 430 g/mol. The van der Waals surface area contributed by atoms with Crippen molar-refractivity contribution >= 4 is 23.0 Å². The minimum absolute atomic E-state index is 0.0242. The lowest BCUT2D eigenvalue weighted by Crippen LogP contribution is -2.38. The SMILES string of the molecule is Cc1cccc(-c2nc(C(=O)NN)nc3nc(N4CCOCC4)n(CC4CCC(C)CC4)c23)c1. The van der Waals surface area contributed by atoms with Crippen molar-refractivity contribution in [2.24, 2.45) is 17.7 Å². The predicted octanol–water partition coefficient (Wildman–Crippen LogP) is 3.07. The molecule has 1 saturated carbocycles. The standard InChI is InChI=1S/C25H33N7O2/c1-16-6-8-18(9-7-16)15-32-21-20(19-5-3-4-17(2)14-19)27-23(24(33)30-26)28-22(21)29-25(32)31-10-12-34-13-11-31/h3-5,14,16,18H,6-13,15,26H2,1-2H3,(H,30,33). The summed E-state index contributed by atoms with van der Waals surface area (Å²) >= 11 is 0. The van der Waals surface area contributed by atoms with E-state index in [1.54, 1.807) is 0 Å². The largest absolute Gasteiger partial charge is 0.378 e. The Bertz CT molecular complexity index is 1180. The first-order valence-corrected chi connectivity index (χ1v) is 12.2. The lowest BCUT2D eigenvalue weighted by molar-refractivity contribution is 0.0943. The number of rotatable bonds is 5. The van der Waals surface area contributed by atoms with Crippen molar-refractivity contribution in [1.29, 1.82) is 0 Å². The molecule has 34 heavy (non-hydrogen) atoms. The fourth-order valence-electron chi connectivity index (χ4n) is 5.13. The number of amides is 1. The van der Waals surface area contributed by atoms with Gasteiger partial charge in [0.25, 0.3) is 0 Å². The summed E-state index contributed by atoms with van der Waals surface area (Å²) in [7, 11) is 0. The maximum atomic E-state index is 12.4. The van der Waals surface area contributed by atoms with Crippen LogP contribution < -0.4 is 16.2 Å². The molecule has 0 unspecified atom stereocenters. The van der Waals surface area contributed by atoms with E-state index in [0.717, 1.165) is 48.1 Å². The number of hydrazine groups is 1. The smallest absolute Gasteiger partial charge is 0.303 e. The van der Waals surface area contributed by atoms with Gasteiger partial charge in [0.05, 0.1) is 13.2 Å². The van der Waals surface area contributed by atoms with Gasteiger partial charge in [-0.25, -0.2) is 15.8 Å². The number of nitrogens with two attached hydrogens (primary N) is 1. The molecule has 1 amide bonds. The van der Waals surface area contributed by atoms with Gasteiger partial charge in [0.2, 0.25) is 11.8 Å². The summed E-state index contributed by atoms with van der Waals surface area (Å²) < 4.78 is 7.89. The molecule has 3 heterocycles. The third-order valence-electron chi connectivity index (χ3n) is 7.08. The Hall–Kier alpha value is -3.04.